The largest absolute Gasteiger partial charge is 0.394 e. The fourth-order valence-corrected chi connectivity index (χ4v) is 4.07. The number of hydrogen-bond acceptors (Lipinski definition) is 7. The third kappa shape index (κ3) is 5.24. The third-order valence-corrected chi connectivity index (χ3v) is 5.67. The lowest BCUT2D eigenvalue weighted by atomic mass is 9.97. The zero-order valence-corrected chi connectivity index (χ0v) is 17.3. The molecule has 0 spiro atoms. The summed E-state index contributed by atoms with van der Waals surface area (Å²) in [6.07, 6.45) is 0.769. The van der Waals surface area contributed by atoms with Gasteiger partial charge < -0.3 is 21.5 Å². The third-order valence-electron chi connectivity index (χ3n) is 4.76. The minimum atomic E-state index is -0.449. The van der Waals surface area contributed by atoms with E-state index < -0.39 is 6.04 Å². The van der Waals surface area contributed by atoms with E-state index in [0.717, 1.165) is 16.7 Å². The molecule has 0 radical (unpaired) electrons. The van der Waals surface area contributed by atoms with Crippen LogP contribution < -0.4 is 16.4 Å². The number of nitrogens with one attached hydrogen (secondary N) is 2. The number of thioether (sulfide) groups is 1. The minimum absolute atomic E-state index is 0.0910. The van der Waals surface area contributed by atoms with Gasteiger partial charge in [0.2, 0.25) is 11.9 Å². The molecule has 1 aromatic heterocycles. The van der Waals surface area contributed by atoms with Crippen LogP contribution in [0.5, 0.6) is 0 Å². The Morgan fingerprint density at radius 2 is 1.93 bits per heavy atom. The number of aliphatic hydroxyl groups is 1. The number of nitrogen functional groups attached to an aromatic ring is 1. The number of aliphatic hydroxyl groups excluding tert-OH is 1. The number of nitrogens with zero attached hydrogens (tertiary/aromatic N) is 2. The average Bonchev–Trinajstić information content (AvgIpc) is 2.66. The van der Waals surface area contributed by atoms with Crippen molar-refractivity contribution in [2.24, 2.45) is 0 Å². The van der Waals surface area contributed by atoms with E-state index in [1.807, 2.05) is 26.0 Å². The SMILES string of the molecule is Cc1cc(C)c2cc1C(=O)N[C@H](CO)CCNC(=O)CCSc1cc-2nc(N)n1. The van der Waals surface area contributed by atoms with Crippen molar-refractivity contribution in [1.29, 1.82) is 0 Å². The van der Waals surface area contributed by atoms with Crippen LogP contribution in [-0.4, -0.2) is 51.8 Å². The van der Waals surface area contributed by atoms with Gasteiger partial charge in [-0.2, -0.15) is 0 Å². The van der Waals surface area contributed by atoms with Crippen LogP contribution >= 0.6 is 11.8 Å². The molecule has 0 saturated heterocycles. The number of rotatable bonds is 1. The molecule has 0 fully saturated rings. The zero-order chi connectivity index (χ0) is 21.0. The van der Waals surface area contributed by atoms with Crippen LogP contribution in [0, 0.1) is 13.8 Å². The molecule has 3 rings (SSSR count). The predicted octanol–water partition coefficient (Wildman–Crippen LogP) is 1.44. The van der Waals surface area contributed by atoms with E-state index in [0.29, 0.717) is 41.4 Å². The first-order valence-electron chi connectivity index (χ1n) is 9.44. The number of fused-ring (bicyclic) bond motifs is 5. The van der Waals surface area contributed by atoms with Gasteiger partial charge in [-0.05, 0) is 43.5 Å². The molecule has 154 valence electrons. The first kappa shape index (κ1) is 21.1. The molecule has 1 aromatic carbocycles. The average molecular weight is 416 g/mol. The Kier molecular flexibility index (Phi) is 6.71. The van der Waals surface area contributed by atoms with Crippen LogP contribution in [0.15, 0.2) is 23.2 Å². The first-order chi connectivity index (χ1) is 13.9. The molecule has 2 heterocycles. The number of aryl methyl sites for hydroxylation is 2. The lowest BCUT2D eigenvalue weighted by molar-refractivity contribution is -0.120. The van der Waals surface area contributed by atoms with Gasteiger partial charge in [0, 0.05) is 29.8 Å². The molecule has 5 N–H and O–H groups in total. The Hall–Kier alpha value is -2.65. The topological polar surface area (TPSA) is 130 Å². The number of amides is 2. The summed E-state index contributed by atoms with van der Waals surface area (Å²) < 4.78 is 0. The van der Waals surface area contributed by atoms with Crippen molar-refractivity contribution in [2.45, 2.75) is 37.8 Å². The summed E-state index contributed by atoms with van der Waals surface area (Å²) in [5, 5.41) is 16.0. The normalized spacial score (nSPS) is 18.1. The quantitative estimate of drug-likeness (QED) is 0.518. The van der Waals surface area contributed by atoms with E-state index in [1.165, 1.54) is 11.8 Å². The van der Waals surface area contributed by atoms with E-state index in [-0.39, 0.29) is 24.4 Å². The molecule has 1 aliphatic rings. The van der Waals surface area contributed by atoms with Crippen LogP contribution in [0.2, 0.25) is 0 Å². The van der Waals surface area contributed by atoms with Gasteiger partial charge >= 0.3 is 0 Å². The highest BCUT2D eigenvalue weighted by Gasteiger charge is 2.18. The number of aromatic nitrogens is 2. The van der Waals surface area contributed by atoms with E-state index in [2.05, 4.69) is 20.6 Å². The highest BCUT2D eigenvalue weighted by Crippen LogP contribution is 2.29. The smallest absolute Gasteiger partial charge is 0.251 e. The second-order valence-electron chi connectivity index (χ2n) is 7.02. The molecular weight excluding hydrogens is 390 g/mol. The van der Waals surface area contributed by atoms with E-state index in [4.69, 9.17) is 5.73 Å². The maximum absolute atomic E-state index is 12.9. The molecule has 0 unspecified atom stereocenters. The highest BCUT2D eigenvalue weighted by molar-refractivity contribution is 7.99. The maximum Gasteiger partial charge on any atom is 0.251 e. The number of hydrogen-bond donors (Lipinski definition) is 4. The van der Waals surface area contributed by atoms with Gasteiger partial charge in [0.05, 0.1) is 18.3 Å². The standard InChI is InChI=1S/C20H25N5O3S/c1-11-7-12(2)15-8-14(11)16-9-18(25-20(21)24-16)29-6-4-17(27)22-5-3-13(10-26)23-19(15)28/h7-9,13,26H,3-6,10H2,1-2H3,(H,22,27)(H,23,28)(H2,21,24,25)/t13-/m0/s1. The van der Waals surface area contributed by atoms with Gasteiger partial charge in [-0.15, -0.1) is 11.8 Å². The molecule has 1 aliphatic heterocycles. The molecule has 8 nitrogen and oxygen atoms in total. The van der Waals surface area contributed by atoms with Gasteiger partial charge in [0.25, 0.3) is 5.91 Å². The Bertz CT molecular complexity index is 935. The van der Waals surface area contributed by atoms with E-state index >= 15 is 0 Å². The number of benzene rings is 1. The van der Waals surface area contributed by atoms with E-state index in [9.17, 15) is 14.7 Å². The Labute approximate surface area is 173 Å². The molecular formula is C20H25N5O3S. The van der Waals surface area contributed by atoms with Crippen molar-refractivity contribution < 1.29 is 14.7 Å². The van der Waals surface area contributed by atoms with Crippen LogP contribution in [-0.2, 0) is 4.79 Å². The van der Waals surface area contributed by atoms with Crippen molar-refractivity contribution in [3.05, 3.63) is 34.9 Å². The van der Waals surface area contributed by atoms with Crippen LogP contribution in [0.3, 0.4) is 0 Å². The molecule has 4 bridgehead atoms. The van der Waals surface area contributed by atoms with Crippen LogP contribution in [0.1, 0.15) is 34.3 Å². The lowest BCUT2D eigenvalue weighted by Gasteiger charge is -2.19. The summed E-state index contributed by atoms with van der Waals surface area (Å²) in [4.78, 5) is 33.5. The van der Waals surface area contributed by atoms with Crippen LogP contribution in [0.25, 0.3) is 11.3 Å². The molecule has 2 aromatic rings. The predicted molar refractivity (Wildman–Crippen MR) is 113 cm³/mol. The number of carbonyl (C=O) groups is 2. The van der Waals surface area contributed by atoms with Gasteiger partial charge in [0.15, 0.2) is 0 Å². The monoisotopic (exact) mass is 415 g/mol. The highest BCUT2D eigenvalue weighted by atomic mass is 32.2. The molecule has 9 heteroatoms. The van der Waals surface area contributed by atoms with Crippen molar-refractivity contribution in [3.63, 3.8) is 0 Å². The molecule has 0 saturated carbocycles. The Balaban J connectivity index is 2.05. The molecule has 2 amide bonds. The summed E-state index contributed by atoms with van der Waals surface area (Å²) in [5.74, 6) is 0.325. The Morgan fingerprint density at radius 3 is 2.69 bits per heavy atom. The zero-order valence-electron chi connectivity index (χ0n) is 16.5. The second kappa shape index (κ2) is 9.23. The van der Waals surface area contributed by atoms with Crippen molar-refractivity contribution in [1.82, 2.24) is 20.6 Å². The minimum Gasteiger partial charge on any atom is -0.394 e. The van der Waals surface area contributed by atoms with Gasteiger partial charge in [-0.3, -0.25) is 9.59 Å². The second-order valence-corrected chi connectivity index (χ2v) is 8.14. The molecule has 0 aliphatic carbocycles. The van der Waals surface area contributed by atoms with E-state index in [1.54, 1.807) is 6.07 Å². The Morgan fingerprint density at radius 1 is 1.17 bits per heavy atom. The summed E-state index contributed by atoms with van der Waals surface area (Å²) in [6.45, 7) is 3.99. The van der Waals surface area contributed by atoms with Gasteiger partial charge in [0.1, 0.15) is 5.03 Å². The van der Waals surface area contributed by atoms with Crippen molar-refractivity contribution >= 4 is 29.5 Å². The summed E-state index contributed by atoms with van der Waals surface area (Å²) >= 11 is 1.43. The lowest BCUT2D eigenvalue weighted by Crippen LogP contribution is -2.40. The van der Waals surface area contributed by atoms with Crippen molar-refractivity contribution in [2.75, 3.05) is 24.6 Å². The maximum atomic E-state index is 12.9. The number of anilines is 1. The van der Waals surface area contributed by atoms with Crippen molar-refractivity contribution in [3.8, 4) is 11.3 Å². The summed E-state index contributed by atoms with van der Waals surface area (Å²) in [6, 6.07) is 5.11. The number of nitrogens with two attached hydrogens (primary N) is 1. The first-order valence-corrected chi connectivity index (χ1v) is 10.4. The summed E-state index contributed by atoms with van der Waals surface area (Å²) in [5.41, 5.74) is 9.62. The van der Waals surface area contributed by atoms with Gasteiger partial charge in [-0.1, -0.05) is 6.07 Å². The number of carbonyl (C=O) groups excluding carboxylic acids is 2. The molecule has 1 atom stereocenters. The fourth-order valence-electron chi connectivity index (χ4n) is 3.22. The fraction of sp³-hybridized carbons (Fsp3) is 0.400. The van der Waals surface area contributed by atoms with Crippen LogP contribution in [0.4, 0.5) is 5.95 Å². The van der Waals surface area contributed by atoms with Gasteiger partial charge in [-0.25, -0.2) is 9.97 Å². The summed E-state index contributed by atoms with van der Waals surface area (Å²) in [7, 11) is 0. The molecule has 29 heavy (non-hydrogen) atoms.